The summed E-state index contributed by atoms with van der Waals surface area (Å²) in [5.74, 6) is -1.66. The number of anilines is 5. The van der Waals surface area contributed by atoms with E-state index in [9.17, 15) is 24.0 Å². The van der Waals surface area contributed by atoms with Crippen molar-refractivity contribution in [1.29, 1.82) is 0 Å². The summed E-state index contributed by atoms with van der Waals surface area (Å²) in [7, 11) is 0. The van der Waals surface area contributed by atoms with E-state index in [4.69, 9.17) is 10.7 Å². The second-order valence-electron chi connectivity index (χ2n) is 12.5. The minimum atomic E-state index is -1.07. The Kier molecular flexibility index (Phi) is 8.13. The Bertz CT molecular complexity index is 2260. The van der Waals surface area contributed by atoms with Crippen LogP contribution in [0.4, 0.5) is 28.7 Å². The predicted molar refractivity (Wildman–Crippen MR) is 189 cm³/mol. The van der Waals surface area contributed by atoms with Crippen LogP contribution in [-0.4, -0.2) is 102 Å². The van der Waals surface area contributed by atoms with Crippen LogP contribution in [-0.2, 0) is 14.4 Å². The quantitative estimate of drug-likeness (QED) is 0.170. The van der Waals surface area contributed by atoms with Crippen LogP contribution in [0.2, 0.25) is 0 Å². The zero-order valence-corrected chi connectivity index (χ0v) is 27.7. The maximum absolute atomic E-state index is 13.4. The number of amides is 5. The Morgan fingerprint density at radius 3 is 2.52 bits per heavy atom. The van der Waals surface area contributed by atoms with E-state index in [1.807, 2.05) is 41.1 Å². The number of nitrogens with zero attached hydrogens (tertiary/aromatic N) is 8. The molecule has 8 rings (SSSR count). The first-order valence-electron chi connectivity index (χ1n) is 16.6. The molecule has 17 nitrogen and oxygen atoms in total. The third kappa shape index (κ3) is 5.97. The van der Waals surface area contributed by atoms with Crippen LogP contribution >= 0.6 is 0 Å². The fourth-order valence-electron chi connectivity index (χ4n) is 6.69. The summed E-state index contributed by atoms with van der Waals surface area (Å²) in [6.45, 7) is 2.14. The van der Waals surface area contributed by atoms with Crippen molar-refractivity contribution in [3.8, 4) is 11.4 Å². The fourth-order valence-corrected chi connectivity index (χ4v) is 6.69. The van der Waals surface area contributed by atoms with Crippen molar-refractivity contribution in [2.45, 2.75) is 18.9 Å². The van der Waals surface area contributed by atoms with Crippen LogP contribution in [0.3, 0.4) is 0 Å². The molecule has 6 heterocycles. The van der Waals surface area contributed by atoms with Gasteiger partial charge in [-0.2, -0.15) is 0 Å². The third-order valence-corrected chi connectivity index (χ3v) is 9.32. The van der Waals surface area contributed by atoms with Gasteiger partial charge < -0.3 is 30.6 Å². The van der Waals surface area contributed by atoms with Crippen molar-refractivity contribution in [3.05, 3.63) is 84.6 Å². The Hall–Kier alpha value is -6.91. The second kappa shape index (κ2) is 13.1. The first-order valence-corrected chi connectivity index (χ1v) is 16.6. The van der Waals surface area contributed by atoms with Gasteiger partial charge in [-0.05, 0) is 42.8 Å². The number of imidazole rings is 1. The Morgan fingerprint density at radius 1 is 0.942 bits per heavy atom. The van der Waals surface area contributed by atoms with E-state index in [0.717, 1.165) is 16.3 Å². The molecule has 3 aromatic heterocycles. The van der Waals surface area contributed by atoms with E-state index < -0.39 is 29.7 Å². The lowest BCUT2D eigenvalue weighted by molar-refractivity contribution is -0.136. The third-order valence-electron chi connectivity index (χ3n) is 9.32. The van der Waals surface area contributed by atoms with E-state index >= 15 is 0 Å². The van der Waals surface area contributed by atoms with Gasteiger partial charge in [-0.1, -0.05) is 6.07 Å². The van der Waals surface area contributed by atoms with Gasteiger partial charge in [0.15, 0.2) is 11.5 Å². The van der Waals surface area contributed by atoms with Crippen molar-refractivity contribution in [3.63, 3.8) is 0 Å². The maximum atomic E-state index is 13.4. The predicted octanol–water partition coefficient (Wildman–Crippen LogP) is 1.67. The maximum Gasteiger partial charge on any atom is 0.264 e. The zero-order valence-electron chi connectivity index (χ0n) is 27.7. The number of nitrogens with two attached hydrogens (primary N) is 1. The molecular weight excluding hydrogens is 668 g/mol. The SMILES string of the molecule is Nc1cncc(-c2cn3ccnc3c(Nc3ccc(N4CCN(C(=O)CNc5cccc6c5C(=O)N(C5CCC(=O)NC5=O)C6=O)CC4)cc3)n2)n1. The van der Waals surface area contributed by atoms with Gasteiger partial charge in [0.25, 0.3) is 11.8 Å². The molecule has 0 bridgehead atoms. The summed E-state index contributed by atoms with van der Waals surface area (Å²) in [6.07, 6.45) is 8.50. The van der Waals surface area contributed by atoms with Crippen LogP contribution in [0.25, 0.3) is 17.0 Å². The Balaban J connectivity index is 0.877. The summed E-state index contributed by atoms with van der Waals surface area (Å²) < 4.78 is 1.85. The van der Waals surface area contributed by atoms with Gasteiger partial charge >= 0.3 is 0 Å². The smallest absolute Gasteiger partial charge is 0.264 e. The largest absolute Gasteiger partial charge is 0.382 e. The summed E-state index contributed by atoms with van der Waals surface area (Å²) in [5.41, 5.74) is 10.0. The number of piperazine rings is 1. The van der Waals surface area contributed by atoms with Crippen molar-refractivity contribution >= 4 is 63.9 Å². The molecule has 262 valence electrons. The van der Waals surface area contributed by atoms with E-state index in [0.29, 0.717) is 60.5 Å². The number of hydrogen-bond donors (Lipinski definition) is 4. The van der Waals surface area contributed by atoms with Crippen molar-refractivity contribution < 1.29 is 24.0 Å². The first-order chi connectivity index (χ1) is 25.2. The molecule has 5 aromatic rings. The number of hydrogen-bond acceptors (Lipinski definition) is 13. The zero-order chi connectivity index (χ0) is 35.9. The average molecular weight is 701 g/mol. The highest BCUT2D eigenvalue weighted by atomic mass is 16.2. The number of carbonyl (C=O) groups excluding carboxylic acids is 5. The standard InChI is InChI=1S/C35H32N12O5/c36-27-17-37-16-24(41-27)25-19-46-11-10-38-32(46)31(42-25)40-20-4-6-21(7-5-20)44-12-14-45(15-13-44)29(49)18-39-23-3-1-2-22-30(23)35(52)47(34(22)51)26-8-9-28(48)43-33(26)50/h1-7,10-11,16-17,19,26,39H,8-9,12-15,18H2,(H2,36,41)(H,40,42)(H,43,48,50). The van der Waals surface area contributed by atoms with E-state index in [1.165, 1.54) is 12.3 Å². The molecule has 0 saturated carbocycles. The number of benzene rings is 2. The van der Waals surface area contributed by atoms with E-state index in [2.05, 4.69) is 35.8 Å². The summed E-state index contributed by atoms with van der Waals surface area (Å²) in [5, 5.41) is 8.59. The lowest BCUT2D eigenvalue weighted by atomic mass is 10.0. The molecule has 3 aliphatic heterocycles. The minimum Gasteiger partial charge on any atom is -0.382 e. The molecule has 0 aliphatic carbocycles. The molecule has 0 radical (unpaired) electrons. The molecule has 2 aromatic carbocycles. The summed E-state index contributed by atoms with van der Waals surface area (Å²) in [4.78, 5) is 86.3. The molecule has 1 atom stereocenters. The van der Waals surface area contributed by atoms with E-state index in [1.54, 1.807) is 29.4 Å². The van der Waals surface area contributed by atoms with Crippen molar-refractivity contribution in [2.24, 2.45) is 0 Å². The van der Waals surface area contributed by atoms with Gasteiger partial charge in [-0.15, -0.1) is 0 Å². The van der Waals surface area contributed by atoms with Gasteiger partial charge in [0, 0.05) is 68.3 Å². The number of aromatic nitrogens is 5. The summed E-state index contributed by atoms with van der Waals surface area (Å²) in [6, 6.07) is 11.6. The van der Waals surface area contributed by atoms with Gasteiger partial charge in [0.2, 0.25) is 17.7 Å². The molecule has 5 N–H and O–H groups in total. The molecular formula is C35H32N12O5. The average Bonchev–Trinajstić information content (AvgIpc) is 3.73. The van der Waals surface area contributed by atoms with Crippen LogP contribution < -0.4 is 26.6 Å². The highest BCUT2D eigenvalue weighted by Gasteiger charge is 2.45. The highest BCUT2D eigenvalue weighted by molar-refractivity contribution is 6.25. The number of nitrogens with one attached hydrogen (secondary N) is 3. The number of imide groups is 2. The lowest BCUT2D eigenvalue weighted by Gasteiger charge is -2.36. The number of rotatable bonds is 8. The van der Waals surface area contributed by atoms with Crippen molar-refractivity contribution in [1.82, 2.24) is 39.5 Å². The lowest BCUT2D eigenvalue weighted by Crippen LogP contribution is -2.54. The normalized spacial score (nSPS) is 17.4. The second-order valence-corrected chi connectivity index (χ2v) is 12.5. The van der Waals surface area contributed by atoms with Crippen LogP contribution in [0.5, 0.6) is 0 Å². The molecule has 3 aliphatic rings. The molecule has 2 saturated heterocycles. The summed E-state index contributed by atoms with van der Waals surface area (Å²) >= 11 is 0. The molecule has 17 heteroatoms. The Labute approximate surface area is 295 Å². The van der Waals surface area contributed by atoms with Gasteiger partial charge in [-0.25, -0.2) is 15.0 Å². The molecule has 0 spiro atoms. The molecule has 5 amide bonds. The Morgan fingerprint density at radius 2 is 1.75 bits per heavy atom. The van der Waals surface area contributed by atoms with Crippen LogP contribution in [0.1, 0.15) is 33.6 Å². The van der Waals surface area contributed by atoms with Crippen LogP contribution in [0.15, 0.2) is 73.4 Å². The van der Waals surface area contributed by atoms with Gasteiger partial charge in [-0.3, -0.25) is 39.2 Å². The van der Waals surface area contributed by atoms with Crippen molar-refractivity contribution in [2.75, 3.05) is 54.0 Å². The van der Waals surface area contributed by atoms with Gasteiger partial charge in [0.1, 0.15) is 23.2 Å². The molecule has 2 fully saturated rings. The molecule has 1 unspecified atom stereocenters. The fraction of sp³-hybridized carbons (Fsp3) is 0.229. The number of piperidine rings is 1. The van der Waals surface area contributed by atoms with E-state index in [-0.39, 0.29) is 36.4 Å². The topological polar surface area (TPSA) is 213 Å². The van der Waals surface area contributed by atoms with Gasteiger partial charge in [0.05, 0.1) is 30.1 Å². The number of fused-ring (bicyclic) bond motifs is 2. The molecule has 52 heavy (non-hydrogen) atoms. The minimum absolute atomic E-state index is 0.0324. The highest BCUT2D eigenvalue weighted by Crippen LogP contribution is 2.32. The first kappa shape index (κ1) is 32.3. The number of carbonyl (C=O) groups is 5. The number of nitrogen functional groups attached to an aromatic ring is 1. The monoisotopic (exact) mass is 700 g/mol. The van der Waals surface area contributed by atoms with Crippen LogP contribution in [0, 0.1) is 0 Å².